The second kappa shape index (κ2) is 14.7. The number of benzene rings is 2. The second-order valence-electron chi connectivity index (χ2n) is 13.5. The van der Waals surface area contributed by atoms with Gasteiger partial charge in [-0.25, -0.2) is 18.4 Å². The Morgan fingerprint density at radius 1 is 1.00 bits per heavy atom. The quantitative estimate of drug-likeness (QED) is 0.253. The predicted octanol–water partition coefficient (Wildman–Crippen LogP) is 8.05. The van der Waals surface area contributed by atoms with E-state index in [9.17, 15) is 26.7 Å². The molecular weight excluding hydrogens is 609 g/mol. The molecule has 0 bridgehead atoms. The lowest BCUT2D eigenvalue weighted by Gasteiger charge is -2.34. The molecule has 1 fully saturated rings. The molecule has 0 saturated carbocycles. The van der Waals surface area contributed by atoms with Crippen LogP contribution >= 0.6 is 0 Å². The van der Waals surface area contributed by atoms with Crippen LogP contribution in [0.1, 0.15) is 65.3 Å². The number of nitrogens with zero attached hydrogens (tertiary/aromatic N) is 2. The average molecular weight is 652 g/mol. The molecule has 2 atom stereocenters. The van der Waals surface area contributed by atoms with Crippen LogP contribution in [0.5, 0.6) is 0 Å². The molecule has 46 heavy (non-hydrogen) atoms. The number of carboxylic acid groups (broad SMARTS) is 1. The van der Waals surface area contributed by atoms with Gasteiger partial charge in [0.2, 0.25) is 0 Å². The van der Waals surface area contributed by atoms with Crippen molar-refractivity contribution in [2.24, 2.45) is 11.3 Å². The Morgan fingerprint density at radius 3 is 2.20 bits per heavy atom. The van der Waals surface area contributed by atoms with E-state index in [1.807, 2.05) is 51.2 Å². The van der Waals surface area contributed by atoms with E-state index >= 15 is 0 Å². The van der Waals surface area contributed by atoms with Gasteiger partial charge >= 0.3 is 18.2 Å². The van der Waals surface area contributed by atoms with Gasteiger partial charge in [0.05, 0.1) is 6.04 Å². The fraction of sp³-hybridized carbons (Fsp3) is 0.471. The number of likely N-dealkylation sites (tertiary alicyclic amines) is 1. The maximum Gasteiger partial charge on any atom is 0.490 e. The van der Waals surface area contributed by atoms with E-state index in [2.05, 4.69) is 42.8 Å². The molecule has 1 saturated heterocycles. The Labute approximate surface area is 266 Å². The maximum absolute atomic E-state index is 14.8. The highest BCUT2D eigenvalue weighted by atomic mass is 19.4. The number of carbonyl (C=O) groups is 2. The Morgan fingerprint density at radius 2 is 1.63 bits per heavy atom. The summed E-state index contributed by atoms with van der Waals surface area (Å²) in [5, 5.41) is 10.9. The molecule has 2 heterocycles. The number of amides is 1. The van der Waals surface area contributed by atoms with Crippen molar-refractivity contribution in [3.05, 3.63) is 83.7 Å². The number of ether oxygens (including phenoxy) is 1. The number of hydrogen-bond donors (Lipinski definition) is 2. The summed E-state index contributed by atoms with van der Waals surface area (Å²) in [5.41, 5.74) is 2.33. The number of aliphatic carboxylic acids is 1. The number of hydrogen-bond acceptors (Lipinski definition) is 4. The maximum atomic E-state index is 14.8. The lowest BCUT2D eigenvalue weighted by Crippen LogP contribution is -2.38. The van der Waals surface area contributed by atoms with Gasteiger partial charge in [0, 0.05) is 49.2 Å². The molecule has 1 aliphatic rings. The predicted molar refractivity (Wildman–Crippen MR) is 165 cm³/mol. The van der Waals surface area contributed by atoms with E-state index in [0.29, 0.717) is 31.1 Å². The van der Waals surface area contributed by atoms with E-state index in [1.165, 1.54) is 12.1 Å². The largest absolute Gasteiger partial charge is 0.490 e. The second-order valence-corrected chi connectivity index (χ2v) is 13.5. The Kier molecular flexibility index (Phi) is 11.6. The first-order valence-electron chi connectivity index (χ1n) is 15.0. The number of rotatable bonds is 7. The molecule has 1 aromatic heterocycles. The van der Waals surface area contributed by atoms with E-state index in [-0.39, 0.29) is 23.1 Å². The van der Waals surface area contributed by atoms with Crippen LogP contribution in [0.2, 0.25) is 0 Å². The fourth-order valence-electron chi connectivity index (χ4n) is 5.18. The van der Waals surface area contributed by atoms with Crippen molar-refractivity contribution in [1.29, 1.82) is 0 Å². The molecule has 0 spiro atoms. The first-order valence-corrected chi connectivity index (χ1v) is 15.0. The van der Waals surface area contributed by atoms with Gasteiger partial charge in [-0.15, -0.1) is 0 Å². The molecule has 4 rings (SSSR count). The van der Waals surface area contributed by atoms with Gasteiger partial charge in [0.25, 0.3) is 0 Å². The molecular formula is C34H42F5N3O4. The molecule has 2 unspecified atom stereocenters. The van der Waals surface area contributed by atoms with Crippen LogP contribution in [0, 0.1) is 23.0 Å². The number of aromatic nitrogens is 1. The summed E-state index contributed by atoms with van der Waals surface area (Å²) in [6, 6.07) is 15.6. The van der Waals surface area contributed by atoms with Gasteiger partial charge in [-0.1, -0.05) is 51.1 Å². The topological polar surface area (TPSA) is 83.8 Å². The van der Waals surface area contributed by atoms with E-state index in [1.54, 1.807) is 4.90 Å². The molecule has 2 aromatic carbocycles. The number of carboxylic acids is 1. The summed E-state index contributed by atoms with van der Waals surface area (Å²) >= 11 is 0. The van der Waals surface area contributed by atoms with Crippen molar-refractivity contribution < 1.29 is 41.4 Å². The van der Waals surface area contributed by atoms with Crippen LogP contribution in [0.4, 0.5) is 26.7 Å². The van der Waals surface area contributed by atoms with Gasteiger partial charge < -0.3 is 24.6 Å². The van der Waals surface area contributed by atoms with Crippen molar-refractivity contribution in [3.8, 4) is 11.1 Å². The normalized spacial score (nSPS) is 16.1. The SMILES string of the molecule is CC(C)(C)OC(=O)N1CCC(CNC(c2cc(-c3cc(F)ccc3F)cn2Cc2ccccc2)C(C)(C)C)C1.O=C(O)C(F)(F)F. The summed E-state index contributed by atoms with van der Waals surface area (Å²) in [7, 11) is 0. The number of nitrogens with one attached hydrogen (secondary N) is 1. The van der Waals surface area contributed by atoms with Gasteiger partial charge in [-0.05, 0) is 68.4 Å². The minimum Gasteiger partial charge on any atom is -0.475 e. The Balaban J connectivity index is 0.000000738. The van der Waals surface area contributed by atoms with Crippen molar-refractivity contribution >= 4 is 12.1 Å². The zero-order valence-corrected chi connectivity index (χ0v) is 26.9. The van der Waals surface area contributed by atoms with Crippen LogP contribution in [0.25, 0.3) is 11.1 Å². The molecule has 252 valence electrons. The highest BCUT2D eigenvalue weighted by Crippen LogP contribution is 2.37. The van der Waals surface area contributed by atoms with Crippen LogP contribution in [-0.4, -0.2) is 58.0 Å². The van der Waals surface area contributed by atoms with Crippen LogP contribution in [0.3, 0.4) is 0 Å². The third-order valence-corrected chi connectivity index (χ3v) is 7.32. The first kappa shape index (κ1) is 36.5. The van der Waals surface area contributed by atoms with E-state index in [0.717, 1.165) is 30.3 Å². The Bertz CT molecular complexity index is 1480. The molecule has 0 aliphatic carbocycles. The summed E-state index contributed by atoms with van der Waals surface area (Å²) in [6.07, 6.45) is -2.54. The summed E-state index contributed by atoms with van der Waals surface area (Å²) in [5.74, 6) is -3.38. The lowest BCUT2D eigenvalue weighted by molar-refractivity contribution is -0.192. The van der Waals surface area contributed by atoms with Gasteiger partial charge in [0.1, 0.15) is 17.2 Å². The van der Waals surface area contributed by atoms with E-state index in [4.69, 9.17) is 14.6 Å². The molecule has 2 N–H and O–H groups in total. The Hall–Kier alpha value is -3.93. The van der Waals surface area contributed by atoms with Crippen LogP contribution in [-0.2, 0) is 16.1 Å². The molecule has 7 nitrogen and oxygen atoms in total. The fourth-order valence-corrected chi connectivity index (χ4v) is 5.18. The molecule has 0 radical (unpaired) electrons. The highest BCUT2D eigenvalue weighted by Gasteiger charge is 2.38. The summed E-state index contributed by atoms with van der Waals surface area (Å²) < 4.78 is 68.3. The molecule has 1 amide bonds. The number of alkyl halides is 3. The zero-order valence-electron chi connectivity index (χ0n) is 26.9. The highest BCUT2D eigenvalue weighted by molar-refractivity contribution is 5.73. The third kappa shape index (κ3) is 10.6. The zero-order chi connectivity index (χ0) is 34.4. The van der Waals surface area contributed by atoms with Crippen molar-refractivity contribution in [3.63, 3.8) is 0 Å². The molecule has 12 heteroatoms. The summed E-state index contributed by atoms with van der Waals surface area (Å²) in [4.78, 5) is 23.2. The van der Waals surface area contributed by atoms with Crippen molar-refractivity contribution in [2.75, 3.05) is 19.6 Å². The summed E-state index contributed by atoms with van der Waals surface area (Å²) in [6.45, 7) is 14.8. The average Bonchev–Trinajstić information content (AvgIpc) is 3.57. The van der Waals surface area contributed by atoms with E-state index < -0.39 is 29.4 Å². The lowest BCUT2D eigenvalue weighted by atomic mass is 9.84. The standard InChI is InChI=1S/C32H41F2N3O2.C2HF3O2/c1-31(2,3)29(35-18-23-14-15-36(20-23)30(38)39-32(4,5)6)28-16-24(26-17-25(33)12-13-27(26)34)21-37(28)19-22-10-8-7-9-11-22;3-2(4,5)1(6)7/h7-13,16-17,21,23,29,35H,14-15,18-20H2,1-6H3;(H,6,7). The van der Waals surface area contributed by atoms with Crippen LogP contribution < -0.4 is 5.32 Å². The van der Waals surface area contributed by atoms with Crippen LogP contribution in [0.15, 0.2) is 60.8 Å². The van der Waals surface area contributed by atoms with Gasteiger partial charge in [-0.3, -0.25) is 0 Å². The van der Waals surface area contributed by atoms with Gasteiger partial charge in [0.15, 0.2) is 0 Å². The monoisotopic (exact) mass is 651 g/mol. The number of carbonyl (C=O) groups excluding carboxylic acids is 1. The third-order valence-electron chi connectivity index (χ3n) is 7.32. The minimum atomic E-state index is -5.08. The first-order chi connectivity index (χ1) is 21.2. The smallest absolute Gasteiger partial charge is 0.475 e. The number of halogens is 5. The molecule has 1 aliphatic heterocycles. The van der Waals surface area contributed by atoms with Crippen molar-refractivity contribution in [2.45, 2.75) is 72.3 Å². The van der Waals surface area contributed by atoms with Crippen molar-refractivity contribution in [1.82, 2.24) is 14.8 Å². The molecule has 3 aromatic rings. The minimum absolute atomic E-state index is 0.0674. The van der Waals surface area contributed by atoms with Gasteiger partial charge in [-0.2, -0.15) is 13.2 Å².